The lowest BCUT2D eigenvalue weighted by Crippen LogP contribution is -2.23. The number of carboxylic acids is 1. The average molecular weight is 336 g/mol. The Balaban J connectivity index is 2.33. The minimum Gasteiger partial charge on any atom is -0.545 e. The van der Waals surface area contributed by atoms with Gasteiger partial charge in [-0.25, -0.2) is 4.98 Å². The third kappa shape index (κ3) is 3.01. The van der Waals surface area contributed by atoms with Crippen LogP contribution in [-0.4, -0.2) is 25.2 Å². The van der Waals surface area contributed by atoms with E-state index in [2.05, 4.69) is 4.98 Å². The molecule has 0 amide bonds. The van der Waals surface area contributed by atoms with E-state index in [1.165, 1.54) is 6.07 Å². The van der Waals surface area contributed by atoms with Gasteiger partial charge >= 0.3 is 0 Å². The Morgan fingerprint density at radius 3 is 2.44 bits per heavy atom. The quantitative estimate of drug-likeness (QED) is 0.732. The second-order valence-corrected chi connectivity index (χ2v) is 5.89. The van der Waals surface area contributed by atoms with Crippen molar-refractivity contribution in [2.75, 3.05) is 14.2 Å². The molecule has 0 spiro atoms. The number of ether oxygens (including phenoxy) is 2. The number of carbonyl (C=O) groups is 1. The standard InChI is InChI=1S/C20H19NO4/c1-11-7-12(2)19-15(8-11)16(20(22)23)10-17(21-19)14-6-5-13(24-3)9-18(14)25-4/h5-10H,1-4H3,(H,22,23)/p-1. The minimum absolute atomic E-state index is 0.115. The number of methoxy groups -OCH3 is 2. The number of aromatic nitrogens is 1. The molecule has 0 fully saturated rings. The SMILES string of the molecule is COc1ccc(-c2cc(C(=O)[O-])c3cc(C)cc(C)c3n2)c(OC)c1. The molecule has 0 atom stereocenters. The van der Waals surface area contributed by atoms with Gasteiger partial charge in [-0.15, -0.1) is 0 Å². The van der Waals surface area contributed by atoms with Gasteiger partial charge < -0.3 is 19.4 Å². The lowest BCUT2D eigenvalue weighted by Gasteiger charge is -2.15. The monoisotopic (exact) mass is 336 g/mol. The molecule has 0 N–H and O–H groups in total. The molecule has 0 unspecified atom stereocenters. The number of benzene rings is 2. The molecule has 0 aliphatic rings. The van der Waals surface area contributed by atoms with E-state index < -0.39 is 5.97 Å². The van der Waals surface area contributed by atoms with Crippen molar-refractivity contribution in [2.24, 2.45) is 0 Å². The molecule has 5 nitrogen and oxygen atoms in total. The maximum absolute atomic E-state index is 11.7. The lowest BCUT2D eigenvalue weighted by molar-refractivity contribution is -0.254. The van der Waals surface area contributed by atoms with E-state index in [4.69, 9.17) is 9.47 Å². The van der Waals surface area contributed by atoms with Crippen LogP contribution >= 0.6 is 0 Å². The summed E-state index contributed by atoms with van der Waals surface area (Å²) in [5.41, 5.74) is 3.84. The van der Waals surface area contributed by atoms with E-state index in [1.807, 2.05) is 26.0 Å². The van der Waals surface area contributed by atoms with Gasteiger partial charge in [-0.05, 0) is 43.7 Å². The Bertz CT molecular complexity index is 979. The van der Waals surface area contributed by atoms with Gasteiger partial charge in [-0.1, -0.05) is 11.6 Å². The first-order chi connectivity index (χ1) is 11.9. The summed E-state index contributed by atoms with van der Waals surface area (Å²) in [6, 6.07) is 10.6. The number of rotatable bonds is 4. The van der Waals surface area contributed by atoms with Crippen molar-refractivity contribution >= 4 is 16.9 Å². The fourth-order valence-corrected chi connectivity index (χ4v) is 3.00. The number of fused-ring (bicyclic) bond motifs is 1. The van der Waals surface area contributed by atoms with Crippen LogP contribution in [0.5, 0.6) is 11.5 Å². The smallest absolute Gasteiger partial charge is 0.131 e. The molecule has 0 saturated heterocycles. The molecule has 2 aromatic carbocycles. The number of nitrogens with zero attached hydrogens (tertiary/aromatic N) is 1. The summed E-state index contributed by atoms with van der Waals surface area (Å²) in [7, 11) is 3.12. The Morgan fingerprint density at radius 1 is 1.04 bits per heavy atom. The summed E-state index contributed by atoms with van der Waals surface area (Å²) in [5.74, 6) is -0.0280. The fourth-order valence-electron chi connectivity index (χ4n) is 3.00. The topological polar surface area (TPSA) is 71.5 Å². The third-order valence-electron chi connectivity index (χ3n) is 4.15. The van der Waals surface area contributed by atoms with Crippen LogP contribution < -0.4 is 14.6 Å². The van der Waals surface area contributed by atoms with Gasteiger partial charge in [0.25, 0.3) is 0 Å². The first-order valence-corrected chi connectivity index (χ1v) is 7.80. The molecule has 0 radical (unpaired) electrons. The van der Waals surface area contributed by atoms with Crippen LogP contribution in [0.15, 0.2) is 36.4 Å². The summed E-state index contributed by atoms with van der Waals surface area (Å²) < 4.78 is 10.6. The minimum atomic E-state index is -1.23. The number of aromatic carboxylic acids is 1. The zero-order chi connectivity index (χ0) is 18.1. The summed E-state index contributed by atoms with van der Waals surface area (Å²) in [6.07, 6.45) is 0. The lowest BCUT2D eigenvalue weighted by atomic mass is 9.99. The van der Waals surface area contributed by atoms with Crippen molar-refractivity contribution in [3.8, 4) is 22.8 Å². The second-order valence-electron chi connectivity index (χ2n) is 5.89. The van der Waals surface area contributed by atoms with Crippen LogP contribution in [0.2, 0.25) is 0 Å². The van der Waals surface area contributed by atoms with Gasteiger partial charge in [0.2, 0.25) is 0 Å². The third-order valence-corrected chi connectivity index (χ3v) is 4.15. The van der Waals surface area contributed by atoms with Crippen molar-refractivity contribution in [1.82, 2.24) is 4.98 Å². The molecule has 5 heteroatoms. The van der Waals surface area contributed by atoms with Crippen molar-refractivity contribution in [2.45, 2.75) is 13.8 Å². The van der Waals surface area contributed by atoms with Crippen LogP contribution in [-0.2, 0) is 0 Å². The van der Waals surface area contributed by atoms with Crippen molar-refractivity contribution < 1.29 is 19.4 Å². The van der Waals surface area contributed by atoms with E-state index in [9.17, 15) is 9.90 Å². The molecular weight excluding hydrogens is 318 g/mol. The number of carboxylic acid groups (broad SMARTS) is 1. The second kappa shape index (κ2) is 6.43. The van der Waals surface area contributed by atoms with Gasteiger partial charge in [0.1, 0.15) is 11.5 Å². The predicted molar refractivity (Wildman–Crippen MR) is 94.1 cm³/mol. The largest absolute Gasteiger partial charge is 0.545 e. The average Bonchev–Trinajstić information content (AvgIpc) is 2.60. The fraction of sp³-hybridized carbons (Fsp3) is 0.200. The highest BCUT2D eigenvalue weighted by atomic mass is 16.5. The van der Waals surface area contributed by atoms with Crippen LogP contribution in [0.1, 0.15) is 21.5 Å². The zero-order valence-corrected chi connectivity index (χ0v) is 14.5. The molecule has 25 heavy (non-hydrogen) atoms. The number of carbonyl (C=O) groups excluding carboxylic acids is 1. The van der Waals surface area contributed by atoms with Gasteiger partial charge in [-0.3, -0.25) is 0 Å². The maximum atomic E-state index is 11.7. The Kier molecular flexibility index (Phi) is 4.31. The molecule has 3 aromatic rings. The predicted octanol–water partition coefficient (Wildman–Crippen LogP) is 2.90. The number of hydrogen-bond acceptors (Lipinski definition) is 5. The van der Waals surface area contributed by atoms with Gasteiger partial charge in [-0.2, -0.15) is 0 Å². The van der Waals surface area contributed by atoms with Crippen molar-refractivity contribution in [3.63, 3.8) is 0 Å². The first kappa shape index (κ1) is 16.8. The molecule has 1 aromatic heterocycles. The van der Waals surface area contributed by atoms with Crippen LogP contribution in [0.25, 0.3) is 22.2 Å². The summed E-state index contributed by atoms with van der Waals surface area (Å²) >= 11 is 0. The Labute approximate surface area is 145 Å². The van der Waals surface area contributed by atoms with Gasteiger partial charge in [0.15, 0.2) is 0 Å². The highest BCUT2D eigenvalue weighted by Gasteiger charge is 2.14. The normalized spacial score (nSPS) is 10.7. The van der Waals surface area contributed by atoms with E-state index in [1.54, 1.807) is 32.4 Å². The number of pyridine rings is 1. The van der Waals surface area contributed by atoms with Crippen molar-refractivity contribution in [3.05, 3.63) is 53.1 Å². The summed E-state index contributed by atoms with van der Waals surface area (Å²) in [5, 5.41) is 12.3. The van der Waals surface area contributed by atoms with Crippen LogP contribution in [0.4, 0.5) is 0 Å². The number of hydrogen-bond donors (Lipinski definition) is 0. The van der Waals surface area contributed by atoms with Crippen molar-refractivity contribution in [1.29, 1.82) is 0 Å². The molecule has 1 heterocycles. The maximum Gasteiger partial charge on any atom is 0.131 e. The molecular formula is C20H18NO4-. The van der Waals surface area contributed by atoms with E-state index in [-0.39, 0.29) is 5.56 Å². The van der Waals surface area contributed by atoms with Gasteiger partial charge in [0.05, 0.1) is 31.4 Å². The van der Waals surface area contributed by atoms with Gasteiger partial charge in [0, 0.05) is 22.6 Å². The van der Waals surface area contributed by atoms with E-state index in [0.717, 1.165) is 11.1 Å². The van der Waals surface area contributed by atoms with Crippen LogP contribution in [0.3, 0.4) is 0 Å². The molecule has 128 valence electrons. The molecule has 0 saturated carbocycles. The number of aryl methyl sites for hydroxylation is 2. The Hall–Kier alpha value is -3.08. The zero-order valence-electron chi connectivity index (χ0n) is 14.5. The van der Waals surface area contributed by atoms with E-state index >= 15 is 0 Å². The highest BCUT2D eigenvalue weighted by Crippen LogP contribution is 2.35. The first-order valence-electron chi connectivity index (χ1n) is 7.80. The molecule has 0 aliphatic heterocycles. The molecule has 3 rings (SSSR count). The van der Waals surface area contributed by atoms with Crippen LogP contribution in [0, 0.1) is 13.8 Å². The van der Waals surface area contributed by atoms with E-state index in [0.29, 0.717) is 33.7 Å². The summed E-state index contributed by atoms with van der Waals surface area (Å²) in [4.78, 5) is 16.4. The summed E-state index contributed by atoms with van der Waals surface area (Å²) in [6.45, 7) is 3.84. The highest BCUT2D eigenvalue weighted by molar-refractivity contribution is 6.04. The Morgan fingerprint density at radius 2 is 1.80 bits per heavy atom. The molecule has 0 aliphatic carbocycles. The molecule has 0 bridgehead atoms.